The summed E-state index contributed by atoms with van der Waals surface area (Å²) in [6.45, 7) is 3.50. The number of carbonyl (C=O) groups excluding carboxylic acids is 1. The molecule has 0 radical (unpaired) electrons. The highest BCUT2D eigenvalue weighted by atomic mass is 19.1. The molecule has 3 unspecified atom stereocenters. The Balaban J connectivity index is 1.08. The molecular weight excluding hydrogens is 561 g/mol. The lowest BCUT2D eigenvalue weighted by molar-refractivity contribution is -0.132. The third-order valence-corrected chi connectivity index (χ3v) is 11.5. The highest BCUT2D eigenvalue weighted by molar-refractivity contribution is 5.76. The molecule has 5 heteroatoms. The summed E-state index contributed by atoms with van der Waals surface area (Å²) in [7, 11) is 0. The summed E-state index contributed by atoms with van der Waals surface area (Å²) in [5.41, 5.74) is 4.25. The Morgan fingerprint density at radius 2 is 1.67 bits per heavy atom. The number of carbonyl (C=O) groups is 1. The van der Waals surface area contributed by atoms with Gasteiger partial charge in [-0.2, -0.15) is 0 Å². The van der Waals surface area contributed by atoms with E-state index < -0.39 is 12.3 Å². The molecule has 7 atom stereocenters. The van der Waals surface area contributed by atoms with Crippen molar-refractivity contribution in [3.05, 3.63) is 101 Å². The van der Waals surface area contributed by atoms with Crippen LogP contribution in [0.25, 0.3) is 0 Å². The van der Waals surface area contributed by atoms with E-state index in [9.17, 15) is 15.0 Å². The molecule has 4 nitrogen and oxygen atoms in total. The minimum Gasteiger partial charge on any atom is -0.508 e. The summed E-state index contributed by atoms with van der Waals surface area (Å²) in [5, 5.41) is 21.2. The SMILES string of the molecule is C[C@]12C[C@H](F)C3c4ccc(O)cc4C[C@@H](CCCCCN(Cc4ccccc4)C(=O)CCCc4ccccc4)C3C1CC[C@@H]2O. The number of alkyl halides is 1. The van der Waals surface area contributed by atoms with Gasteiger partial charge in [-0.3, -0.25) is 4.79 Å². The maximum atomic E-state index is 16.1. The molecule has 2 fully saturated rings. The van der Waals surface area contributed by atoms with Crippen molar-refractivity contribution in [2.24, 2.45) is 23.2 Å². The number of aliphatic hydroxyl groups excluding tert-OH is 1. The Morgan fingerprint density at radius 3 is 2.42 bits per heavy atom. The van der Waals surface area contributed by atoms with Crippen LogP contribution in [0.3, 0.4) is 0 Å². The maximum Gasteiger partial charge on any atom is 0.222 e. The first-order chi connectivity index (χ1) is 21.8. The number of halogens is 1. The van der Waals surface area contributed by atoms with Gasteiger partial charge < -0.3 is 15.1 Å². The van der Waals surface area contributed by atoms with Gasteiger partial charge in [-0.1, -0.05) is 86.5 Å². The molecule has 3 aromatic rings. The molecule has 3 aliphatic carbocycles. The molecule has 240 valence electrons. The number of aromatic hydroxyl groups is 1. The first kappa shape index (κ1) is 31.8. The van der Waals surface area contributed by atoms with Gasteiger partial charge in [0.1, 0.15) is 11.9 Å². The van der Waals surface area contributed by atoms with Crippen LogP contribution in [-0.4, -0.2) is 39.8 Å². The van der Waals surface area contributed by atoms with Crippen molar-refractivity contribution in [3.8, 4) is 5.75 Å². The number of unbranched alkanes of at least 4 members (excludes halogenated alkanes) is 2. The van der Waals surface area contributed by atoms with Crippen LogP contribution in [0, 0.1) is 23.2 Å². The van der Waals surface area contributed by atoms with Crippen LogP contribution in [0.15, 0.2) is 78.9 Å². The third kappa shape index (κ3) is 6.99. The highest BCUT2D eigenvalue weighted by Crippen LogP contribution is 2.63. The van der Waals surface area contributed by atoms with Gasteiger partial charge in [0.2, 0.25) is 5.91 Å². The number of rotatable bonds is 12. The van der Waals surface area contributed by atoms with E-state index in [-0.39, 0.29) is 28.9 Å². The molecule has 2 N–H and O–H groups in total. The monoisotopic (exact) mass is 611 g/mol. The largest absolute Gasteiger partial charge is 0.508 e. The zero-order valence-corrected chi connectivity index (χ0v) is 26.8. The summed E-state index contributed by atoms with van der Waals surface area (Å²) in [4.78, 5) is 15.4. The number of phenolic OH excluding ortho intramolecular Hbond substituents is 1. The molecule has 45 heavy (non-hydrogen) atoms. The van der Waals surface area contributed by atoms with Crippen LogP contribution in [0.5, 0.6) is 5.75 Å². The molecular formula is C40H50FNO3. The first-order valence-corrected chi connectivity index (χ1v) is 17.3. The summed E-state index contributed by atoms with van der Waals surface area (Å²) in [6.07, 6.45) is 7.93. The molecule has 3 aromatic carbocycles. The molecule has 0 aromatic heterocycles. The molecule has 2 saturated carbocycles. The number of fused-ring (bicyclic) bond motifs is 5. The second-order valence-corrected chi connectivity index (χ2v) is 14.4. The van der Waals surface area contributed by atoms with Crippen LogP contribution in [-0.2, 0) is 24.2 Å². The molecule has 0 aliphatic heterocycles. The molecule has 0 bridgehead atoms. The van der Waals surface area contributed by atoms with E-state index in [1.165, 1.54) is 5.56 Å². The van der Waals surface area contributed by atoms with Crippen molar-refractivity contribution in [2.75, 3.05) is 6.54 Å². The summed E-state index contributed by atoms with van der Waals surface area (Å²) >= 11 is 0. The average molecular weight is 612 g/mol. The number of amides is 1. The van der Waals surface area contributed by atoms with E-state index in [1.54, 1.807) is 6.07 Å². The predicted octanol–water partition coefficient (Wildman–Crippen LogP) is 8.40. The minimum absolute atomic E-state index is 0.155. The van der Waals surface area contributed by atoms with E-state index in [0.29, 0.717) is 31.2 Å². The Labute approximate surface area is 268 Å². The average Bonchev–Trinajstić information content (AvgIpc) is 3.33. The second kappa shape index (κ2) is 14.1. The standard InChI is InChI=1S/C40H50FNO3/c1-40-26-35(41)39-33-20-19-32(43)25-31(33)24-30(38(39)34(40)21-22-36(40)44)17-9-4-10-23-42(27-29-14-7-3-8-15-29)37(45)18-11-16-28-12-5-2-6-13-28/h2-3,5-8,12-15,19-20,25,30,34-36,38-39,43-44H,4,9-11,16-18,21-24,26-27H2,1H3/t30-,34?,35+,36+,38?,39?,40+/m1/s1. The quantitative estimate of drug-likeness (QED) is 0.202. The normalized spacial score (nSPS) is 28.6. The third-order valence-electron chi connectivity index (χ3n) is 11.5. The summed E-state index contributed by atoms with van der Waals surface area (Å²) in [6, 6.07) is 26.2. The molecule has 0 spiro atoms. The Morgan fingerprint density at radius 1 is 0.933 bits per heavy atom. The van der Waals surface area contributed by atoms with Crippen molar-refractivity contribution >= 4 is 5.91 Å². The van der Waals surface area contributed by atoms with E-state index >= 15 is 4.39 Å². The van der Waals surface area contributed by atoms with Crippen molar-refractivity contribution in [2.45, 2.75) is 102 Å². The molecule has 0 heterocycles. The Hall–Kier alpha value is -3.18. The van der Waals surface area contributed by atoms with Gasteiger partial charge in [-0.05, 0) is 109 Å². The highest BCUT2D eigenvalue weighted by Gasteiger charge is 2.59. The number of nitrogens with zero attached hydrogens (tertiary/aromatic N) is 1. The van der Waals surface area contributed by atoms with E-state index in [4.69, 9.17) is 0 Å². The van der Waals surface area contributed by atoms with Crippen molar-refractivity contribution in [1.29, 1.82) is 0 Å². The molecule has 0 saturated heterocycles. The summed E-state index contributed by atoms with van der Waals surface area (Å²) < 4.78 is 16.1. The van der Waals surface area contributed by atoms with Crippen molar-refractivity contribution in [3.63, 3.8) is 0 Å². The summed E-state index contributed by atoms with van der Waals surface area (Å²) in [5.74, 6) is 1.19. The van der Waals surface area contributed by atoms with Crippen LogP contribution in [0.1, 0.15) is 92.9 Å². The first-order valence-electron chi connectivity index (χ1n) is 17.3. The van der Waals surface area contributed by atoms with Gasteiger partial charge in [0.15, 0.2) is 0 Å². The number of hydrogen-bond donors (Lipinski definition) is 2. The van der Waals surface area contributed by atoms with Crippen molar-refractivity contribution < 1.29 is 19.4 Å². The van der Waals surface area contributed by atoms with Gasteiger partial charge in [0, 0.05) is 25.4 Å². The Kier molecular flexibility index (Phi) is 9.94. The number of hydrogen-bond acceptors (Lipinski definition) is 3. The second-order valence-electron chi connectivity index (χ2n) is 14.4. The van der Waals surface area contributed by atoms with E-state index in [2.05, 4.69) is 43.3 Å². The molecule has 1 amide bonds. The molecule has 3 aliphatic rings. The van der Waals surface area contributed by atoms with Gasteiger partial charge in [-0.15, -0.1) is 0 Å². The van der Waals surface area contributed by atoms with E-state index in [0.717, 1.165) is 81.0 Å². The predicted molar refractivity (Wildman–Crippen MR) is 178 cm³/mol. The van der Waals surface area contributed by atoms with E-state index in [1.807, 2.05) is 41.3 Å². The zero-order valence-electron chi connectivity index (χ0n) is 26.8. The maximum absolute atomic E-state index is 16.1. The lowest BCUT2D eigenvalue weighted by Crippen LogP contribution is -2.51. The fourth-order valence-corrected chi connectivity index (χ4v) is 9.26. The fourth-order valence-electron chi connectivity index (χ4n) is 9.26. The lowest BCUT2D eigenvalue weighted by Gasteiger charge is -2.54. The smallest absolute Gasteiger partial charge is 0.222 e. The fraction of sp³-hybridized carbons (Fsp3) is 0.525. The minimum atomic E-state index is -0.977. The zero-order chi connectivity index (χ0) is 31.4. The van der Waals surface area contributed by atoms with Gasteiger partial charge >= 0.3 is 0 Å². The van der Waals surface area contributed by atoms with Gasteiger partial charge in [0.25, 0.3) is 0 Å². The van der Waals surface area contributed by atoms with Crippen LogP contribution >= 0.6 is 0 Å². The lowest BCUT2D eigenvalue weighted by atomic mass is 9.51. The topological polar surface area (TPSA) is 60.8 Å². The number of aryl methyl sites for hydroxylation is 1. The van der Waals surface area contributed by atoms with Crippen LogP contribution < -0.4 is 0 Å². The number of benzene rings is 3. The van der Waals surface area contributed by atoms with Gasteiger partial charge in [0.05, 0.1) is 6.10 Å². The number of phenols is 1. The molecule has 6 rings (SSSR count). The van der Waals surface area contributed by atoms with Crippen LogP contribution in [0.4, 0.5) is 4.39 Å². The number of aliphatic hydroxyl groups is 1. The van der Waals surface area contributed by atoms with Gasteiger partial charge in [-0.25, -0.2) is 4.39 Å². The Bertz CT molecular complexity index is 1410. The van der Waals surface area contributed by atoms with Crippen molar-refractivity contribution in [1.82, 2.24) is 4.90 Å². The van der Waals surface area contributed by atoms with Crippen LogP contribution in [0.2, 0.25) is 0 Å².